The monoisotopic (exact) mass is 377 g/mol. The second-order valence-electron chi connectivity index (χ2n) is 6.65. The minimum absolute atomic E-state index is 0.146. The van der Waals surface area contributed by atoms with Crippen LogP contribution in [0.2, 0.25) is 0 Å². The van der Waals surface area contributed by atoms with Crippen LogP contribution in [0.15, 0.2) is 36.5 Å². The Morgan fingerprint density at radius 1 is 1.19 bits per heavy atom. The molecular weight excluding hydrogens is 359 g/mol. The number of rotatable bonds is 2. The van der Waals surface area contributed by atoms with Gasteiger partial charge < -0.3 is 15.0 Å². The number of anilines is 1. The SMILES string of the molecule is O=C1Oc2cc(N3CCNCC3)ccc2CC1c1cccnc1C(F)(F)F. The molecule has 1 aromatic heterocycles. The van der Waals surface area contributed by atoms with E-state index in [1.54, 1.807) is 6.07 Å². The fourth-order valence-corrected chi connectivity index (χ4v) is 3.58. The van der Waals surface area contributed by atoms with Crippen LogP contribution in [0.3, 0.4) is 0 Å². The van der Waals surface area contributed by atoms with Crippen LogP contribution in [0.25, 0.3) is 0 Å². The lowest BCUT2D eigenvalue weighted by atomic mass is 9.88. The predicted molar refractivity (Wildman–Crippen MR) is 92.8 cm³/mol. The Kier molecular flexibility index (Phi) is 4.51. The van der Waals surface area contributed by atoms with Gasteiger partial charge in [0.1, 0.15) is 11.4 Å². The minimum atomic E-state index is -4.62. The summed E-state index contributed by atoms with van der Waals surface area (Å²) in [5.41, 5.74) is 0.481. The summed E-state index contributed by atoms with van der Waals surface area (Å²) >= 11 is 0. The first-order chi connectivity index (χ1) is 12.9. The van der Waals surface area contributed by atoms with Crippen LogP contribution >= 0.6 is 0 Å². The van der Waals surface area contributed by atoms with E-state index < -0.39 is 23.8 Å². The molecule has 0 spiro atoms. The summed E-state index contributed by atoms with van der Waals surface area (Å²) < 4.78 is 45.2. The maximum Gasteiger partial charge on any atom is 0.433 e. The molecule has 5 nitrogen and oxygen atoms in total. The van der Waals surface area contributed by atoms with Crippen LogP contribution in [-0.2, 0) is 17.4 Å². The molecule has 0 aliphatic carbocycles. The van der Waals surface area contributed by atoms with Crippen molar-refractivity contribution in [2.75, 3.05) is 31.1 Å². The number of fused-ring (bicyclic) bond motifs is 1. The zero-order chi connectivity index (χ0) is 19.0. The predicted octanol–water partition coefficient (Wildman–Crippen LogP) is 2.76. The first kappa shape index (κ1) is 17.8. The van der Waals surface area contributed by atoms with E-state index in [1.807, 2.05) is 12.1 Å². The number of benzene rings is 1. The molecule has 2 aliphatic heterocycles. The number of esters is 1. The van der Waals surface area contributed by atoms with Gasteiger partial charge in [0.05, 0.1) is 5.92 Å². The number of alkyl halides is 3. The molecule has 8 heteroatoms. The molecule has 1 atom stereocenters. The Morgan fingerprint density at radius 3 is 2.70 bits per heavy atom. The number of carbonyl (C=O) groups excluding carboxylic acids is 1. The first-order valence-electron chi connectivity index (χ1n) is 8.76. The van der Waals surface area contributed by atoms with Gasteiger partial charge in [0.25, 0.3) is 0 Å². The van der Waals surface area contributed by atoms with Crippen molar-refractivity contribution in [3.8, 4) is 5.75 Å². The van der Waals surface area contributed by atoms with Crippen LogP contribution in [0, 0.1) is 0 Å². The summed E-state index contributed by atoms with van der Waals surface area (Å²) in [6.07, 6.45) is -3.39. The molecule has 1 unspecified atom stereocenters. The summed E-state index contributed by atoms with van der Waals surface area (Å²) in [4.78, 5) is 18.1. The Balaban J connectivity index is 1.64. The molecule has 0 bridgehead atoms. The van der Waals surface area contributed by atoms with E-state index in [1.165, 1.54) is 12.1 Å². The number of aromatic nitrogens is 1. The molecule has 0 radical (unpaired) electrons. The smallest absolute Gasteiger partial charge is 0.426 e. The molecule has 27 heavy (non-hydrogen) atoms. The highest BCUT2D eigenvalue weighted by atomic mass is 19.4. The van der Waals surface area contributed by atoms with Crippen LogP contribution in [0.1, 0.15) is 22.7 Å². The highest BCUT2D eigenvalue weighted by Gasteiger charge is 2.40. The summed E-state index contributed by atoms with van der Waals surface area (Å²) in [6, 6.07) is 8.25. The third-order valence-electron chi connectivity index (χ3n) is 4.93. The van der Waals surface area contributed by atoms with Gasteiger partial charge in [-0.1, -0.05) is 12.1 Å². The first-order valence-corrected chi connectivity index (χ1v) is 8.76. The van der Waals surface area contributed by atoms with Gasteiger partial charge in [0.2, 0.25) is 0 Å². The lowest BCUT2D eigenvalue weighted by molar-refractivity contribution is -0.143. The summed E-state index contributed by atoms with van der Waals surface area (Å²) in [5.74, 6) is -1.28. The molecular formula is C19H18F3N3O2. The summed E-state index contributed by atoms with van der Waals surface area (Å²) in [6.45, 7) is 3.44. The Labute approximate surface area is 154 Å². The molecule has 1 fully saturated rings. The van der Waals surface area contributed by atoms with Crippen molar-refractivity contribution in [2.45, 2.75) is 18.5 Å². The van der Waals surface area contributed by atoms with Gasteiger partial charge in [-0.2, -0.15) is 13.2 Å². The van der Waals surface area contributed by atoms with Crippen molar-refractivity contribution < 1.29 is 22.7 Å². The van der Waals surface area contributed by atoms with Crippen molar-refractivity contribution in [2.24, 2.45) is 0 Å². The maximum absolute atomic E-state index is 13.3. The maximum atomic E-state index is 13.3. The second kappa shape index (κ2) is 6.84. The minimum Gasteiger partial charge on any atom is -0.426 e. The topological polar surface area (TPSA) is 54.5 Å². The zero-order valence-electron chi connectivity index (χ0n) is 14.4. The number of nitrogens with one attached hydrogen (secondary N) is 1. The second-order valence-corrected chi connectivity index (χ2v) is 6.65. The third-order valence-corrected chi connectivity index (χ3v) is 4.93. The molecule has 2 aliphatic rings. The highest BCUT2D eigenvalue weighted by molar-refractivity contribution is 5.84. The van der Waals surface area contributed by atoms with Gasteiger partial charge >= 0.3 is 12.1 Å². The fourth-order valence-electron chi connectivity index (χ4n) is 3.58. The quantitative estimate of drug-likeness (QED) is 0.644. The summed E-state index contributed by atoms with van der Waals surface area (Å²) in [7, 11) is 0. The van der Waals surface area contributed by atoms with E-state index in [0.29, 0.717) is 5.75 Å². The molecule has 142 valence electrons. The molecule has 1 aromatic carbocycles. The average molecular weight is 377 g/mol. The van der Waals surface area contributed by atoms with Crippen LogP contribution in [0.4, 0.5) is 18.9 Å². The van der Waals surface area contributed by atoms with Crippen molar-refractivity contribution in [1.82, 2.24) is 10.3 Å². The standard InChI is InChI=1S/C19H18F3N3O2/c20-19(21,22)17-14(2-1-5-24-17)15-10-12-3-4-13(11-16(12)27-18(15)26)25-8-6-23-7-9-25/h1-5,11,15,23H,6-10H2. The van der Waals surface area contributed by atoms with Crippen molar-refractivity contribution in [3.05, 3.63) is 53.3 Å². The number of piperazine rings is 1. The molecule has 0 amide bonds. The number of nitrogens with zero attached hydrogens (tertiary/aromatic N) is 2. The fraction of sp³-hybridized carbons (Fsp3) is 0.368. The molecule has 4 rings (SSSR count). The van der Waals surface area contributed by atoms with Crippen LogP contribution in [0.5, 0.6) is 5.75 Å². The number of hydrogen-bond acceptors (Lipinski definition) is 5. The van der Waals surface area contributed by atoms with E-state index in [-0.39, 0.29) is 12.0 Å². The molecule has 2 aromatic rings. The van der Waals surface area contributed by atoms with E-state index in [9.17, 15) is 18.0 Å². The van der Waals surface area contributed by atoms with Gasteiger partial charge in [0, 0.05) is 44.1 Å². The van der Waals surface area contributed by atoms with Gasteiger partial charge in [-0.05, 0) is 29.7 Å². The van der Waals surface area contributed by atoms with Crippen molar-refractivity contribution >= 4 is 11.7 Å². The lowest BCUT2D eigenvalue weighted by Gasteiger charge is -2.31. The number of pyridine rings is 1. The number of hydrogen-bond donors (Lipinski definition) is 1. The van der Waals surface area contributed by atoms with Gasteiger partial charge in [-0.15, -0.1) is 0 Å². The van der Waals surface area contributed by atoms with Crippen molar-refractivity contribution in [3.63, 3.8) is 0 Å². The zero-order valence-corrected chi connectivity index (χ0v) is 14.4. The molecule has 3 heterocycles. The van der Waals surface area contributed by atoms with Gasteiger partial charge in [0.15, 0.2) is 0 Å². The average Bonchev–Trinajstić information content (AvgIpc) is 2.67. The normalized spacial score (nSPS) is 20.2. The van der Waals surface area contributed by atoms with Gasteiger partial charge in [-0.3, -0.25) is 9.78 Å². The van der Waals surface area contributed by atoms with Gasteiger partial charge in [-0.25, -0.2) is 0 Å². The van der Waals surface area contributed by atoms with E-state index >= 15 is 0 Å². The van der Waals surface area contributed by atoms with E-state index in [4.69, 9.17) is 4.74 Å². The van der Waals surface area contributed by atoms with Crippen LogP contribution in [-0.4, -0.2) is 37.1 Å². The van der Waals surface area contributed by atoms with E-state index in [2.05, 4.69) is 15.2 Å². The third kappa shape index (κ3) is 3.49. The van der Waals surface area contributed by atoms with Crippen molar-refractivity contribution in [1.29, 1.82) is 0 Å². The van der Waals surface area contributed by atoms with E-state index in [0.717, 1.165) is 43.6 Å². The summed E-state index contributed by atoms with van der Waals surface area (Å²) in [5, 5.41) is 3.27. The molecule has 1 N–H and O–H groups in total. The Hall–Kier alpha value is -2.61. The lowest BCUT2D eigenvalue weighted by Crippen LogP contribution is -2.43. The Morgan fingerprint density at radius 2 is 1.96 bits per heavy atom. The number of halogens is 3. The number of ether oxygens (including phenoxy) is 1. The largest absolute Gasteiger partial charge is 0.433 e. The Bertz CT molecular complexity index is 864. The molecule has 1 saturated heterocycles. The number of carbonyl (C=O) groups is 1. The molecule has 0 saturated carbocycles. The van der Waals surface area contributed by atoms with Crippen LogP contribution < -0.4 is 15.0 Å². The highest BCUT2D eigenvalue weighted by Crippen LogP contribution is 2.40.